The Morgan fingerprint density at radius 3 is 2.00 bits per heavy atom. The van der Waals surface area contributed by atoms with E-state index in [1.54, 1.807) is 0 Å². The summed E-state index contributed by atoms with van der Waals surface area (Å²) in [6.07, 6.45) is 5.28. The first-order chi connectivity index (χ1) is 15.2. The van der Waals surface area contributed by atoms with E-state index in [1.807, 2.05) is 60.7 Å². The molecule has 0 unspecified atom stereocenters. The maximum absolute atomic E-state index is 12.9. The third-order valence-corrected chi connectivity index (χ3v) is 5.42. The second kappa shape index (κ2) is 10.0. The molecule has 1 aromatic heterocycles. The Kier molecular flexibility index (Phi) is 6.72. The van der Waals surface area contributed by atoms with Crippen molar-refractivity contribution < 1.29 is 13.9 Å². The van der Waals surface area contributed by atoms with Crippen molar-refractivity contribution in [1.29, 1.82) is 0 Å². The van der Waals surface area contributed by atoms with E-state index in [-0.39, 0.29) is 30.2 Å². The quantitative estimate of drug-likeness (QED) is 0.620. The average Bonchev–Trinajstić information content (AvgIpc) is 2.81. The number of hydrogen-bond donors (Lipinski definition) is 2. The van der Waals surface area contributed by atoms with Crippen LogP contribution in [0.1, 0.15) is 42.9 Å². The van der Waals surface area contributed by atoms with Crippen LogP contribution in [0, 0.1) is 5.82 Å². The lowest BCUT2D eigenvalue weighted by Crippen LogP contribution is -2.46. The molecule has 3 aromatic rings. The lowest BCUT2D eigenvalue weighted by atomic mass is 9.93. The van der Waals surface area contributed by atoms with E-state index in [4.69, 9.17) is 4.74 Å². The molecule has 0 radical (unpaired) electrons. The predicted octanol–water partition coefficient (Wildman–Crippen LogP) is 4.39. The monoisotopic (exact) mass is 420 g/mol. The summed E-state index contributed by atoms with van der Waals surface area (Å²) in [5.74, 6) is -0.490. The largest absolute Gasteiger partial charge is 0.460 e. The van der Waals surface area contributed by atoms with Gasteiger partial charge in [0.05, 0.1) is 18.4 Å². The normalized spacial score (nSPS) is 18.4. The Bertz CT molecular complexity index is 922. The zero-order valence-corrected chi connectivity index (χ0v) is 17.1. The molecule has 2 amide bonds. The van der Waals surface area contributed by atoms with E-state index in [0.717, 1.165) is 49.2 Å². The number of amides is 2. The molecule has 1 saturated carbocycles. The van der Waals surface area contributed by atoms with Crippen molar-refractivity contribution in [2.24, 2.45) is 0 Å². The lowest BCUT2D eigenvalue weighted by Gasteiger charge is -2.29. The van der Waals surface area contributed by atoms with Gasteiger partial charge in [-0.2, -0.15) is 0 Å². The SMILES string of the molecule is O=C(NC1CCC(Oc2ncc(F)cn2)CC1)NC(c1ccccc1)c1ccccc1. The third-order valence-electron chi connectivity index (χ3n) is 5.42. The van der Waals surface area contributed by atoms with Gasteiger partial charge in [-0.1, -0.05) is 60.7 Å². The van der Waals surface area contributed by atoms with Gasteiger partial charge < -0.3 is 15.4 Å². The maximum atomic E-state index is 12.9. The van der Waals surface area contributed by atoms with Gasteiger partial charge in [0.25, 0.3) is 0 Å². The topological polar surface area (TPSA) is 76.1 Å². The predicted molar refractivity (Wildman–Crippen MR) is 115 cm³/mol. The molecule has 31 heavy (non-hydrogen) atoms. The van der Waals surface area contributed by atoms with Crippen LogP contribution < -0.4 is 15.4 Å². The summed E-state index contributed by atoms with van der Waals surface area (Å²) in [4.78, 5) is 20.4. The van der Waals surface area contributed by atoms with E-state index in [0.29, 0.717) is 0 Å². The first-order valence-electron chi connectivity index (χ1n) is 10.5. The molecule has 2 N–H and O–H groups in total. The molecule has 0 spiro atoms. The number of aromatic nitrogens is 2. The number of hydrogen-bond acceptors (Lipinski definition) is 4. The Balaban J connectivity index is 1.31. The van der Waals surface area contributed by atoms with Crippen LogP contribution in [-0.2, 0) is 0 Å². The molecular formula is C24H25FN4O2. The fraction of sp³-hybridized carbons (Fsp3) is 0.292. The number of rotatable bonds is 6. The molecule has 1 fully saturated rings. The highest BCUT2D eigenvalue weighted by atomic mass is 19.1. The van der Waals surface area contributed by atoms with Crippen molar-refractivity contribution >= 4 is 6.03 Å². The van der Waals surface area contributed by atoms with E-state index < -0.39 is 5.82 Å². The van der Waals surface area contributed by atoms with Gasteiger partial charge in [0.2, 0.25) is 0 Å². The highest BCUT2D eigenvalue weighted by Crippen LogP contribution is 2.24. The first kappa shape index (κ1) is 20.8. The number of carbonyl (C=O) groups excluding carboxylic acids is 1. The average molecular weight is 420 g/mol. The summed E-state index contributed by atoms with van der Waals surface area (Å²) in [5, 5.41) is 6.21. The van der Waals surface area contributed by atoms with Gasteiger partial charge in [0, 0.05) is 6.04 Å². The molecule has 0 atom stereocenters. The number of urea groups is 1. The van der Waals surface area contributed by atoms with Gasteiger partial charge in [-0.05, 0) is 36.8 Å². The van der Waals surface area contributed by atoms with Gasteiger partial charge in [0.15, 0.2) is 5.82 Å². The van der Waals surface area contributed by atoms with Crippen LogP contribution in [0.15, 0.2) is 73.1 Å². The zero-order valence-electron chi connectivity index (χ0n) is 17.1. The number of nitrogens with one attached hydrogen (secondary N) is 2. The van der Waals surface area contributed by atoms with Crippen molar-refractivity contribution in [2.45, 2.75) is 43.9 Å². The lowest BCUT2D eigenvalue weighted by molar-refractivity contribution is 0.128. The molecule has 1 heterocycles. The van der Waals surface area contributed by atoms with Crippen molar-refractivity contribution in [2.75, 3.05) is 0 Å². The molecule has 0 aliphatic heterocycles. The Labute approximate surface area is 180 Å². The number of halogens is 1. The Morgan fingerprint density at radius 2 is 1.45 bits per heavy atom. The summed E-state index contributed by atoms with van der Waals surface area (Å²) in [5.41, 5.74) is 2.06. The van der Waals surface area contributed by atoms with Gasteiger partial charge >= 0.3 is 12.0 Å². The van der Waals surface area contributed by atoms with Gasteiger partial charge in [-0.3, -0.25) is 0 Å². The van der Waals surface area contributed by atoms with E-state index in [9.17, 15) is 9.18 Å². The summed E-state index contributed by atoms with van der Waals surface area (Å²) in [6, 6.07) is 19.7. The molecular weight excluding hydrogens is 395 g/mol. The van der Waals surface area contributed by atoms with Crippen LogP contribution in [0.2, 0.25) is 0 Å². The van der Waals surface area contributed by atoms with Crippen molar-refractivity contribution in [3.63, 3.8) is 0 Å². The minimum Gasteiger partial charge on any atom is -0.460 e. The molecule has 1 aliphatic rings. The number of benzene rings is 2. The highest BCUT2D eigenvalue weighted by Gasteiger charge is 2.25. The molecule has 2 aromatic carbocycles. The zero-order chi connectivity index (χ0) is 21.5. The van der Waals surface area contributed by atoms with E-state index >= 15 is 0 Å². The number of ether oxygens (including phenoxy) is 1. The van der Waals surface area contributed by atoms with Crippen LogP contribution >= 0.6 is 0 Å². The van der Waals surface area contributed by atoms with Gasteiger partial charge in [-0.25, -0.2) is 19.2 Å². The maximum Gasteiger partial charge on any atom is 0.316 e. The van der Waals surface area contributed by atoms with Crippen molar-refractivity contribution in [3.8, 4) is 6.01 Å². The molecule has 0 saturated heterocycles. The van der Waals surface area contributed by atoms with Crippen molar-refractivity contribution in [3.05, 3.63) is 90.0 Å². The summed E-state index contributed by atoms with van der Waals surface area (Å²) >= 11 is 0. The van der Waals surface area contributed by atoms with Crippen LogP contribution in [0.3, 0.4) is 0 Å². The smallest absolute Gasteiger partial charge is 0.316 e. The fourth-order valence-corrected chi connectivity index (χ4v) is 3.84. The first-order valence-corrected chi connectivity index (χ1v) is 10.5. The minimum absolute atomic E-state index is 0.0343. The molecule has 0 bridgehead atoms. The van der Waals surface area contributed by atoms with Gasteiger partial charge in [-0.15, -0.1) is 0 Å². The van der Waals surface area contributed by atoms with Crippen LogP contribution in [-0.4, -0.2) is 28.1 Å². The Morgan fingerprint density at radius 1 is 0.903 bits per heavy atom. The van der Waals surface area contributed by atoms with Crippen molar-refractivity contribution in [1.82, 2.24) is 20.6 Å². The molecule has 7 heteroatoms. The number of carbonyl (C=O) groups is 1. The summed E-state index contributed by atoms with van der Waals surface area (Å²) in [7, 11) is 0. The standard InChI is InChI=1S/C24H25FN4O2/c25-19-15-26-24(27-16-19)31-21-13-11-20(12-14-21)28-23(30)29-22(17-7-3-1-4-8-17)18-9-5-2-6-10-18/h1-10,15-16,20-22H,11-14H2,(H2,28,29,30). The second-order valence-corrected chi connectivity index (χ2v) is 7.65. The fourth-order valence-electron chi connectivity index (χ4n) is 3.84. The second-order valence-electron chi connectivity index (χ2n) is 7.65. The van der Waals surface area contributed by atoms with Crippen LogP contribution in [0.5, 0.6) is 6.01 Å². The van der Waals surface area contributed by atoms with Crippen LogP contribution in [0.25, 0.3) is 0 Å². The molecule has 6 nitrogen and oxygen atoms in total. The highest BCUT2D eigenvalue weighted by molar-refractivity contribution is 5.75. The summed E-state index contributed by atoms with van der Waals surface area (Å²) in [6.45, 7) is 0. The minimum atomic E-state index is -0.490. The Hall–Kier alpha value is -3.48. The van der Waals surface area contributed by atoms with E-state index in [2.05, 4.69) is 20.6 Å². The third kappa shape index (κ3) is 5.78. The van der Waals surface area contributed by atoms with E-state index in [1.165, 1.54) is 0 Å². The molecule has 160 valence electrons. The molecule has 1 aliphatic carbocycles. The molecule has 4 rings (SSSR count). The van der Waals surface area contributed by atoms with Crippen LogP contribution in [0.4, 0.5) is 9.18 Å². The summed E-state index contributed by atoms with van der Waals surface area (Å²) < 4.78 is 18.6. The number of nitrogens with zero attached hydrogens (tertiary/aromatic N) is 2. The van der Waals surface area contributed by atoms with Gasteiger partial charge in [0.1, 0.15) is 6.10 Å².